The summed E-state index contributed by atoms with van der Waals surface area (Å²) in [5.41, 5.74) is 8.19. The zero-order valence-electron chi connectivity index (χ0n) is 12.8. The number of nitrogens with one attached hydrogen (secondary N) is 1. The SMILES string of the molecule is CCN(CC(C)C)c1sc(C(=O)NC)c(N)c1C1CC1. The Morgan fingerprint density at radius 2 is 2.15 bits per heavy atom. The Kier molecular flexibility index (Phi) is 4.58. The third-order valence-electron chi connectivity index (χ3n) is 3.64. The number of nitrogens with zero attached hydrogens (tertiary/aromatic N) is 1. The lowest BCUT2D eigenvalue weighted by Gasteiger charge is -2.25. The smallest absolute Gasteiger partial charge is 0.263 e. The average Bonchev–Trinajstić information content (AvgIpc) is 3.19. The number of anilines is 2. The molecule has 4 nitrogen and oxygen atoms in total. The molecule has 1 amide bonds. The van der Waals surface area contributed by atoms with E-state index < -0.39 is 0 Å². The molecule has 1 aliphatic carbocycles. The maximum absolute atomic E-state index is 12.0. The van der Waals surface area contributed by atoms with E-state index in [4.69, 9.17) is 5.73 Å². The van der Waals surface area contributed by atoms with Gasteiger partial charge in [0.15, 0.2) is 0 Å². The monoisotopic (exact) mass is 295 g/mol. The highest BCUT2D eigenvalue weighted by atomic mass is 32.1. The summed E-state index contributed by atoms with van der Waals surface area (Å²) < 4.78 is 0. The van der Waals surface area contributed by atoms with E-state index in [-0.39, 0.29) is 5.91 Å². The molecule has 0 bridgehead atoms. The predicted molar refractivity (Wildman–Crippen MR) is 86.8 cm³/mol. The van der Waals surface area contributed by atoms with Gasteiger partial charge in [-0.3, -0.25) is 4.79 Å². The first-order valence-corrected chi connectivity index (χ1v) is 8.20. The van der Waals surface area contributed by atoms with Gasteiger partial charge in [0.2, 0.25) is 0 Å². The molecule has 20 heavy (non-hydrogen) atoms. The summed E-state index contributed by atoms with van der Waals surface area (Å²) in [5, 5.41) is 3.90. The molecule has 1 aliphatic rings. The molecule has 0 unspecified atom stereocenters. The lowest BCUT2D eigenvalue weighted by molar-refractivity contribution is 0.0968. The van der Waals surface area contributed by atoms with Gasteiger partial charge in [0, 0.05) is 25.7 Å². The maximum Gasteiger partial charge on any atom is 0.263 e. The van der Waals surface area contributed by atoms with Crippen LogP contribution in [-0.2, 0) is 0 Å². The normalized spacial score (nSPS) is 14.7. The van der Waals surface area contributed by atoms with Gasteiger partial charge < -0.3 is 16.0 Å². The van der Waals surface area contributed by atoms with Crippen molar-refractivity contribution < 1.29 is 4.79 Å². The van der Waals surface area contributed by atoms with Crippen molar-refractivity contribution in [1.82, 2.24) is 5.32 Å². The van der Waals surface area contributed by atoms with Crippen molar-refractivity contribution in [3.05, 3.63) is 10.4 Å². The van der Waals surface area contributed by atoms with Gasteiger partial charge in [-0.2, -0.15) is 0 Å². The lowest BCUT2D eigenvalue weighted by atomic mass is 10.1. The second-order valence-corrected chi connectivity index (χ2v) is 6.85. The number of carbonyl (C=O) groups is 1. The van der Waals surface area contributed by atoms with Crippen LogP contribution in [0.15, 0.2) is 0 Å². The molecule has 0 aromatic carbocycles. The van der Waals surface area contributed by atoms with Crippen LogP contribution in [0, 0.1) is 5.92 Å². The van der Waals surface area contributed by atoms with Crippen molar-refractivity contribution in [2.24, 2.45) is 5.92 Å². The van der Waals surface area contributed by atoms with Crippen molar-refractivity contribution in [2.75, 3.05) is 30.8 Å². The molecule has 0 saturated heterocycles. The minimum atomic E-state index is -0.0683. The standard InChI is InChI=1S/C15H25N3OS/c1-5-18(8-9(2)3)15-11(10-6-7-10)12(16)13(20-15)14(19)17-4/h9-10H,5-8,16H2,1-4H3,(H,17,19). The Labute approximate surface area is 125 Å². The van der Waals surface area contributed by atoms with Gasteiger partial charge in [-0.05, 0) is 31.6 Å². The zero-order chi connectivity index (χ0) is 14.9. The number of hydrogen-bond acceptors (Lipinski definition) is 4. The topological polar surface area (TPSA) is 58.4 Å². The van der Waals surface area contributed by atoms with Crippen LogP contribution < -0.4 is 16.0 Å². The first-order valence-electron chi connectivity index (χ1n) is 7.38. The third kappa shape index (κ3) is 2.92. The Morgan fingerprint density at radius 1 is 1.50 bits per heavy atom. The number of thiophene rings is 1. The molecule has 0 atom stereocenters. The number of nitrogens with two attached hydrogens (primary N) is 1. The van der Waals surface area contributed by atoms with E-state index in [0.29, 0.717) is 22.4 Å². The quantitative estimate of drug-likeness (QED) is 0.848. The van der Waals surface area contributed by atoms with Crippen molar-refractivity contribution in [3.8, 4) is 0 Å². The molecule has 1 fully saturated rings. The number of carbonyl (C=O) groups excluding carboxylic acids is 1. The third-order valence-corrected chi connectivity index (χ3v) is 4.92. The predicted octanol–water partition coefficient (Wildman–Crippen LogP) is 3.05. The largest absolute Gasteiger partial charge is 0.397 e. The van der Waals surface area contributed by atoms with Gasteiger partial charge in [-0.1, -0.05) is 13.8 Å². The minimum Gasteiger partial charge on any atom is -0.397 e. The fourth-order valence-electron chi connectivity index (χ4n) is 2.52. The lowest BCUT2D eigenvalue weighted by Crippen LogP contribution is -2.27. The highest BCUT2D eigenvalue weighted by molar-refractivity contribution is 7.18. The summed E-state index contributed by atoms with van der Waals surface area (Å²) in [6.45, 7) is 8.55. The van der Waals surface area contributed by atoms with Crippen LogP contribution in [-0.4, -0.2) is 26.0 Å². The molecule has 1 saturated carbocycles. The van der Waals surface area contributed by atoms with E-state index in [1.165, 1.54) is 23.4 Å². The molecule has 3 N–H and O–H groups in total. The fourth-order valence-corrected chi connectivity index (χ4v) is 3.85. The maximum atomic E-state index is 12.0. The molecule has 0 radical (unpaired) electrons. The first kappa shape index (κ1) is 15.2. The van der Waals surface area contributed by atoms with Gasteiger partial charge in [-0.25, -0.2) is 0 Å². The van der Waals surface area contributed by atoms with Crippen LogP contribution in [0.1, 0.15) is 54.8 Å². The van der Waals surface area contributed by atoms with Crippen LogP contribution in [0.4, 0.5) is 10.7 Å². The van der Waals surface area contributed by atoms with Crippen molar-refractivity contribution in [1.29, 1.82) is 0 Å². The van der Waals surface area contributed by atoms with Crippen molar-refractivity contribution >= 4 is 27.9 Å². The number of hydrogen-bond donors (Lipinski definition) is 2. The summed E-state index contributed by atoms with van der Waals surface area (Å²) in [4.78, 5) is 15.0. The van der Waals surface area contributed by atoms with Crippen LogP contribution in [0.2, 0.25) is 0 Å². The summed E-state index contributed by atoms with van der Waals surface area (Å²) in [6, 6.07) is 0. The fraction of sp³-hybridized carbons (Fsp3) is 0.667. The molecule has 0 spiro atoms. The molecule has 2 rings (SSSR count). The average molecular weight is 295 g/mol. The summed E-state index contributed by atoms with van der Waals surface area (Å²) in [6.07, 6.45) is 2.39. The van der Waals surface area contributed by atoms with E-state index in [0.717, 1.165) is 13.1 Å². The van der Waals surface area contributed by atoms with Crippen LogP contribution in [0.25, 0.3) is 0 Å². The second kappa shape index (κ2) is 6.04. The van der Waals surface area contributed by atoms with Gasteiger partial charge in [0.1, 0.15) is 4.88 Å². The van der Waals surface area contributed by atoms with E-state index in [1.807, 2.05) is 0 Å². The van der Waals surface area contributed by atoms with Crippen molar-refractivity contribution in [3.63, 3.8) is 0 Å². The van der Waals surface area contributed by atoms with Gasteiger partial charge in [0.25, 0.3) is 5.91 Å². The highest BCUT2D eigenvalue weighted by Crippen LogP contribution is 2.52. The molecule has 1 aromatic heterocycles. The van der Waals surface area contributed by atoms with E-state index in [2.05, 4.69) is 31.0 Å². The van der Waals surface area contributed by atoms with Gasteiger partial charge >= 0.3 is 0 Å². The van der Waals surface area contributed by atoms with Crippen LogP contribution in [0.5, 0.6) is 0 Å². The Bertz CT molecular complexity index is 492. The summed E-state index contributed by atoms with van der Waals surface area (Å²) in [7, 11) is 1.66. The molecule has 5 heteroatoms. The van der Waals surface area contributed by atoms with Crippen molar-refractivity contribution in [2.45, 2.75) is 39.5 Å². The summed E-state index contributed by atoms with van der Waals surface area (Å²) in [5.74, 6) is 1.08. The van der Waals surface area contributed by atoms with E-state index >= 15 is 0 Å². The molecule has 1 heterocycles. The second-order valence-electron chi connectivity index (χ2n) is 5.85. The minimum absolute atomic E-state index is 0.0683. The Balaban J connectivity index is 2.42. The summed E-state index contributed by atoms with van der Waals surface area (Å²) >= 11 is 1.55. The number of nitrogen functional groups attached to an aromatic ring is 1. The molecule has 112 valence electrons. The van der Waals surface area contributed by atoms with Crippen LogP contribution in [0.3, 0.4) is 0 Å². The van der Waals surface area contributed by atoms with Gasteiger partial charge in [-0.15, -0.1) is 11.3 Å². The Morgan fingerprint density at radius 3 is 2.60 bits per heavy atom. The van der Waals surface area contributed by atoms with E-state index in [9.17, 15) is 4.79 Å². The molecular formula is C15H25N3OS. The number of rotatable bonds is 6. The first-order chi connectivity index (χ1) is 9.49. The highest BCUT2D eigenvalue weighted by Gasteiger charge is 2.34. The molecular weight excluding hydrogens is 270 g/mol. The zero-order valence-corrected chi connectivity index (χ0v) is 13.6. The van der Waals surface area contributed by atoms with Gasteiger partial charge in [0.05, 0.1) is 10.7 Å². The molecule has 1 aromatic rings. The number of amides is 1. The van der Waals surface area contributed by atoms with Crippen LogP contribution >= 0.6 is 11.3 Å². The Hall–Kier alpha value is -1.23. The molecule has 0 aliphatic heterocycles. The van der Waals surface area contributed by atoms with E-state index in [1.54, 1.807) is 18.4 Å².